The average Bonchev–Trinajstić information content (AvgIpc) is 2.56. The zero-order chi connectivity index (χ0) is 15.9. The maximum atomic E-state index is 10.9. The first-order valence-corrected chi connectivity index (χ1v) is 6.32. The van der Waals surface area contributed by atoms with Crippen LogP contribution in [0.3, 0.4) is 0 Å². The Balaban J connectivity index is 2.17. The van der Waals surface area contributed by atoms with Gasteiger partial charge in [-0.05, 0) is 24.3 Å². The highest BCUT2D eigenvalue weighted by Gasteiger charge is 2.12. The molecule has 0 unspecified atom stereocenters. The number of aromatic nitrogens is 1. The molecule has 1 aromatic heterocycles. The molecule has 0 atom stereocenters. The molecule has 0 saturated heterocycles. The zero-order valence-electron chi connectivity index (χ0n) is 11.8. The van der Waals surface area contributed by atoms with E-state index in [1.165, 1.54) is 25.4 Å². The maximum absolute atomic E-state index is 10.9. The highest BCUT2D eigenvalue weighted by atomic mass is 16.5. The second-order valence-corrected chi connectivity index (χ2v) is 4.22. The van der Waals surface area contributed by atoms with Crippen LogP contribution in [-0.2, 0) is 0 Å². The molecule has 0 spiro atoms. The normalized spacial score (nSPS) is 11.0. The number of nitrogens with zero attached hydrogens (tertiary/aromatic N) is 2. The van der Waals surface area contributed by atoms with E-state index in [0.717, 1.165) is 0 Å². The van der Waals surface area contributed by atoms with E-state index < -0.39 is 5.97 Å². The third-order valence-electron chi connectivity index (χ3n) is 2.86. The number of benzene rings is 1. The van der Waals surface area contributed by atoms with Crippen LogP contribution in [0.2, 0.25) is 0 Å². The third kappa shape index (κ3) is 3.51. The Morgan fingerprint density at radius 2 is 2.00 bits per heavy atom. The number of rotatable bonds is 6. The third-order valence-corrected chi connectivity index (χ3v) is 2.86. The van der Waals surface area contributed by atoms with Gasteiger partial charge in [0.2, 0.25) is 0 Å². The van der Waals surface area contributed by atoms with Crippen LogP contribution in [0, 0.1) is 0 Å². The van der Waals surface area contributed by atoms with Crippen molar-refractivity contribution in [1.82, 2.24) is 4.98 Å². The number of pyridine rings is 1. The van der Waals surface area contributed by atoms with Crippen molar-refractivity contribution in [3.63, 3.8) is 0 Å². The van der Waals surface area contributed by atoms with Crippen molar-refractivity contribution >= 4 is 11.7 Å². The SMILES string of the molecule is COc1ccccc1OC/C(=N\O)c1cc(C(=O)O)ccn1. The van der Waals surface area contributed by atoms with Crippen molar-refractivity contribution in [2.24, 2.45) is 5.16 Å². The van der Waals surface area contributed by atoms with E-state index in [1.807, 2.05) is 0 Å². The van der Waals surface area contributed by atoms with Crippen molar-refractivity contribution in [2.45, 2.75) is 0 Å². The number of carbonyl (C=O) groups is 1. The molecule has 7 heteroatoms. The summed E-state index contributed by atoms with van der Waals surface area (Å²) in [4.78, 5) is 14.9. The summed E-state index contributed by atoms with van der Waals surface area (Å²) in [5, 5.41) is 21.2. The lowest BCUT2D eigenvalue weighted by atomic mass is 10.2. The molecular formula is C15H14N2O5. The summed E-state index contributed by atoms with van der Waals surface area (Å²) in [5.41, 5.74) is 0.370. The number of carboxylic acids is 1. The van der Waals surface area contributed by atoms with Gasteiger partial charge in [0.15, 0.2) is 11.5 Å². The molecule has 1 aromatic carbocycles. The topological polar surface area (TPSA) is 101 Å². The van der Waals surface area contributed by atoms with E-state index in [9.17, 15) is 4.79 Å². The summed E-state index contributed by atoms with van der Waals surface area (Å²) in [5.74, 6) is -0.0841. The summed E-state index contributed by atoms with van der Waals surface area (Å²) in [6, 6.07) is 9.66. The number of hydrogen-bond donors (Lipinski definition) is 2. The second kappa shape index (κ2) is 7.07. The van der Waals surface area contributed by atoms with Gasteiger partial charge in [0.25, 0.3) is 0 Å². The minimum absolute atomic E-state index is 0.0449. The first-order chi connectivity index (χ1) is 10.7. The molecule has 0 saturated carbocycles. The molecule has 0 amide bonds. The highest BCUT2D eigenvalue weighted by Crippen LogP contribution is 2.25. The summed E-state index contributed by atoms with van der Waals surface area (Å²) in [7, 11) is 1.52. The van der Waals surface area contributed by atoms with Crippen molar-refractivity contribution < 1.29 is 24.6 Å². The maximum Gasteiger partial charge on any atom is 0.335 e. The van der Waals surface area contributed by atoms with Gasteiger partial charge in [0, 0.05) is 6.20 Å². The first kappa shape index (κ1) is 15.3. The fourth-order valence-electron chi connectivity index (χ4n) is 1.76. The summed E-state index contributed by atoms with van der Waals surface area (Å²) >= 11 is 0. The minimum atomic E-state index is -1.09. The van der Waals surface area contributed by atoms with Gasteiger partial charge in [-0.25, -0.2) is 4.79 Å². The quantitative estimate of drug-likeness (QED) is 0.481. The summed E-state index contributed by atoms with van der Waals surface area (Å²) < 4.78 is 10.7. The fraction of sp³-hybridized carbons (Fsp3) is 0.133. The molecule has 7 nitrogen and oxygen atoms in total. The molecule has 0 aliphatic heterocycles. The van der Waals surface area contributed by atoms with E-state index in [2.05, 4.69) is 10.1 Å². The van der Waals surface area contributed by atoms with Gasteiger partial charge in [0.05, 0.1) is 18.4 Å². The van der Waals surface area contributed by atoms with Gasteiger partial charge in [-0.2, -0.15) is 0 Å². The van der Waals surface area contributed by atoms with Crippen molar-refractivity contribution in [1.29, 1.82) is 0 Å². The molecule has 0 aliphatic carbocycles. The molecule has 114 valence electrons. The smallest absolute Gasteiger partial charge is 0.335 e. The van der Waals surface area contributed by atoms with E-state index in [1.54, 1.807) is 24.3 Å². The van der Waals surface area contributed by atoms with E-state index in [-0.39, 0.29) is 23.6 Å². The largest absolute Gasteiger partial charge is 0.493 e. The van der Waals surface area contributed by atoms with Crippen LogP contribution in [0.1, 0.15) is 16.1 Å². The Bertz CT molecular complexity index is 700. The average molecular weight is 302 g/mol. The van der Waals surface area contributed by atoms with Crippen LogP contribution < -0.4 is 9.47 Å². The summed E-state index contributed by atoms with van der Waals surface area (Å²) in [6.07, 6.45) is 1.33. The predicted octanol–water partition coefficient (Wildman–Crippen LogP) is 2.05. The number of methoxy groups -OCH3 is 1. The van der Waals surface area contributed by atoms with Crippen LogP contribution in [0.4, 0.5) is 0 Å². The van der Waals surface area contributed by atoms with Crippen molar-refractivity contribution in [3.05, 3.63) is 53.9 Å². The number of para-hydroxylation sites is 2. The molecule has 2 rings (SSSR count). The van der Waals surface area contributed by atoms with Gasteiger partial charge in [-0.1, -0.05) is 17.3 Å². The Morgan fingerprint density at radius 1 is 1.27 bits per heavy atom. The summed E-state index contributed by atoms with van der Waals surface area (Å²) in [6.45, 7) is -0.0903. The molecule has 0 bridgehead atoms. The van der Waals surface area contributed by atoms with Crippen LogP contribution in [-0.4, -0.2) is 40.7 Å². The van der Waals surface area contributed by atoms with Crippen LogP contribution in [0.5, 0.6) is 11.5 Å². The molecule has 0 aliphatic rings. The number of hydrogen-bond acceptors (Lipinski definition) is 6. The molecule has 0 fully saturated rings. The van der Waals surface area contributed by atoms with Gasteiger partial charge in [-0.15, -0.1) is 0 Å². The Kier molecular flexibility index (Phi) is 4.92. The Labute approximate surface area is 126 Å². The van der Waals surface area contributed by atoms with E-state index >= 15 is 0 Å². The molecular weight excluding hydrogens is 288 g/mol. The number of oxime groups is 1. The van der Waals surface area contributed by atoms with Gasteiger partial charge < -0.3 is 19.8 Å². The zero-order valence-corrected chi connectivity index (χ0v) is 11.8. The monoisotopic (exact) mass is 302 g/mol. The van der Waals surface area contributed by atoms with E-state index in [0.29, 0.717) is 11.5 Å². The molecule has 2 N–H and O–H groups in total. The van der Waals surface area contributed by atoms with Gasteiger partial charge >= 0.3 is 5.97 Å². The molecule has 1 heterocycles. The number of aromatic carboxylic acids is 1. The van der Waals surface area contributed by atoms with Gasteiger partial charge in [-0.3, -0.25) is 4.98 Å². The number of carboxylic acid groups (broad SMARTS) is 1. The van der Waals surface area contributed by atoms with Crippen LogP contribution in [0.25, 0.3) is 0 Å². The lowest BCUT2D eigenvalue weighted by molar-refractivity contribution is 0.0696. The Morgan fingerprint density at radius 3 is 2.64 bits per heavy atom. The fourth-order valence-corrected chi connectivity index (χ4v) is 1.76. The standard InChI is InChI=1S/C15H14N2O5/c1-21-13-4-2-3-5-14(13)22-9-12(17-20)11-8-10(15(18)19)6-7-16-11/h2-8,20H,9H2,1H3,(H,18,19)/b17-12+. The van der Waals surface area contributed by atoms with Gasteiger partial charge in [0.1, 0.15) is 12.3 Å². The second-order valence-electron chi connectivity index (χ2n) is 4.22. The Hall–Kier alpha value is -3.09. The molecule has 0 radical (unpaired) electrons. The minimum Gasteiger partial charge on any atom is -0.493 e. The van der Waals surface area contributed by atoms with Crippen LogP contribution >= 0.6 is 0 Å². The molecule has 2 aromatic rings. The van der Waals surface area contributed by atoms with E-state index in [4.69, 9.17) is 19.8 Å². The lowest BCUT2D eigenvalue weighted by Gasteiger charge is -2.11. The lowest BCUT2D eigenvalue weighted by Crippen LogP contribution is -2.15. The molecule has 22 heavy (non-hydrogen) atoms. The van der Waals surface area contributed by atoms with Crippen molar-refractivity contribution in [2.75, 3.05) is 13.7 Å². The first-order valence-electron chi connectivity index (χ1n) is 6.32. The highest BCUT2D eigenvalue weighted by molar-refractivity contribution is 6.01. The van der Waals surface area contributed by atoms with Crippen LogP contribution in [0.15, 0.2) is 47.8 Å². The van der Waals surface area contributed by atoms with Crippen molar-refractivity contribution in [3.8, 4) is 11.5 Å². The predicted molar refractivity (Wildman–Crippen MR) is 78.0 cm³/mol. The number of ether oxygens (including phenoxy) is 2.